The molecule has 2 heterocycles. The van der Waals surface area contributed by atoms with E-state index in [2.05, 4.69) is 5.32 Å². The molecular weight excluding hydrogens is 548 g/mol. The molecule has 8 bridgehead atoms. The lowest BCUT2D eigenvalue weighted by Crippen LogP contribution is -2.54. The zero-order valence-electron chi connectivity index (χ0n) is 25.1. The summed E-state index contributed by atoms with van der Waals surface area (Å²) in [6.45, 7) is 0. The predicted octanol–water partition coefficient (Wildman–Crippen LogP) is 7.35. The predicted molar refractivity (Wildman–Crippen MR) is 165 cm³/mol. The molecule has 44 heavy (non-hydrogen) atoms. The Morgan fingerprint density at radius 3 is 1.77 bits per heavy atom. The van der Waals surface area contributed by atoms with Crippen LogP contribution in [0.4, 0.5) is 11.4 Å². The summed E-state index contributed by atoms with van der Waals surface area (Å²) < 4.78 is 0. The van der Waals surface area contributed by atoms with Gasteiger partial charge in [-0.25, -0.2) is 0 Å². The smallest absolute Gasteiger partial charge is 0.238 e. The van der Waals surface area contributed by atoms with Gasteiger partial charge in [0, 0.05) is 22.2 Å². The molecule has 0 radical (unpaired) electrons. The van der Waals surface area contributed by atoms with Gasteiger partial charge in [-0.2, -0.15) is 0 Å². The zero-order chi connectivity index (χ0) is 29.5. The number of fused-ring (bicyclic) bond motifs is 2. The number of nitrogens with one attached hydrogen (secondary N) is 1. The third kappa shape index (κ3) is 3.32. The van der Waals surface area contributed by atoms with E-state index >= 15 is 4.79 Å². The van der Waals surface area contributed by atoms with E-state index in [0.29, 0.717) is 63.6 Å². The summed E-state index contributed by atoms with van der Waals surface area (Å²) in [6.07, 6.45) is 12.6. The monoisotopic (exact) mass is 586 g/mol. The highest BCUT2D eigenvalue weighted by Crippen LogP contribution is 2.63. The van der Waals surface area contributed by atoms with Gasteiger partial charge in [-0.1, -0.05) is 24.3 Å². The molecule has 2 aromatic rings. The van der Waals surface area contributed by atoms with E-state index in [1.807, 2.05) is 36.4 Å². The molecule has 2 aliphatic heterocycles. The summed E-state index contributed by atoms with van der Waals surface area (Å²) in [5.41, 5.74) is 1.80. The summed E-state index contributed by atoms with van der Waals surface area (Å²) in [4.78, 5) is 60.0. The third-order valence-corrected chi connectivity index (χ3v) is 13.3. The van der Waals surface area contributed by atoms with Crippen LogP contribution in [0.5, 0.6) is 0 Å². The van der Waals surface area contributed by atoms with Crippen LogP contribution in [0.15, 0.2) is 53.9 Å². The Morgan fingerprint density at radius 1 is 0.659 bits per heavy atom. The summed E-state index contributed by atoms with van der Waals surface area (Å²) in [5.74, 6) is 2.87. The highest BCUT2D eigenvalue weighted by molar-refractivity contribution is 6.33. The maximum atomic E-state index is 15.1. The molecule has 12 rings (SSSR count). The fraction of sp³-hybridized carbons (Fsp3) is 0.526. The number of amides is 1. The lowest BCUT2D eigenvalue weighted by molar-refractivity contribution is -0.142. The number of Topliss-reactive ketones (excluding diaryl/α,β-unsaturated/α-hetero) is 3. The zero-order valence-corrected chi connectivity index (χ0v) is 25.1. The van der Waals surface area contributed by atoms with Crippen LogP contribution in [0.2, 0.25) is 0 Å². The van der Waals surface area contributed by atoms with Gasteiger partial charge in [0.1, 0.15) is 11.4 Å². The van der Waals surface area contributed by atoms with E-state index in [-0.39, 0.29) is 34.7 Å². The highest BCUT2D eigenvalue weighted by atomic mass is 16.2. The largest absolute Gasteiger partial charge is 0.350 e. The van der Waals surface area contributed by atoms with Gasteiger partial charge in [0.15, 0.2) is 5.78 Å². The maximum Gasteiger partial charge on any atom is 0.238 e. The first-order chi connectivity index (χ1) is 21.3. The van der Waals surface area contributed by atoms with Crippen LogP contribution in [0.1, 0.15) is 108 Å². The number of ketones is 3. The molecule has 2 aromatic carbocycles. The molecule has 0 aromatic heterocycles. The lowest BCUT2D eigenvalue weighted by Gasteiger charge is -2.56. The van der Waals surface area contributed by atoms with Crippen LogP contribution in [0.25, 0.3) is 0 Å². The van der Waals surface area contributed by atoms with Crippen molar-refractivity contribution >= 4 is 34.6 Å². The Labute approximate surface area is 257 Å². The van der Waals surface area contributed by atoms with Gasteiger partial charge in [0.25, 0.3) is 0 Å². The first-order valence-electron chi connectivity index (χ1n) is 17.0. The van der Waals surface area contributed by atoms with Crippen LogP contribution >= 0.6 is 0 Å². The average Bonchev–Trinajstić information content (AvgIpc) is 3.48. The fourth-order valence-electron chi connectivity index (χ4n) is 12.5. The molecule has 0 unspecified atom stereocenters. The van der Waals surface area contributed by atoms with E-state index in [0.717, 1.165) is 38.5 Å². The quantitative estimate of drug-likeness (QED) is 0.300. The number of hydrogen-bond acceptors (Lipinski definition) is 5. The van der Waals surface area contributed by atoms with Crippen LogP contribution < -0.4 is 10.2 Å². The van der Waals surface area contributed by atoms with Crippen molar-refractivity contribution in [3.05, 3.63) is 70.5 Å². The van der Waals surface area contributed by atoms with E-state index < -0.39 is 10.8 Å². The molecule has 224 valence electrons. The van der Waals surface area contributed by atoms with Gasteiger partial charge >= 0.3 is 0 Å². The number of carbonyl (C=O) groups is 4. The Balaban J connectivity index is 1.13. The molecule has 0 atom stereocenters. The van der Waals surface area contributed by atoms with E-state index in [1.54, 1.807) is 11.0 Å². The van der Waals surface area contributed by atoms with E-state index in [4.69, 9.17) is 0 Å². The van der Waals surface area contributed by atoms with Crippen LogP contribution in [0.3, 0.4) is 0 Å². The molecule has 0 spiro atoms. The Hall–Kier alpha value is -3.54. The lowest BCUT2D eigenvalue weighted by atomic mass is 9.48. The Bertz CT molecular complexity index is 1680. The summed E-state index contributed by atoms with van der Waals surface area (Å²) in [7, 11) is 0. The van der Waals surface area contributed by atoms with Crippen LogP contribution in [0, 0.1) is 46.3 Å². The molecular formula is C38H38N2O4. The number of hydrogen-bond donors (Lipinski definition) is 1. The topological polar surface area (TPSA) is 83.6 Å². The second-order valence-electron chi connectivity index (χ2n) is 16.1. The average molecular weight is 587 g/mol. The van der Waals surface area contributed by atoms with Gasteiger partial charge in [0.05, 0.1) is 16.7 Å². The Morgan fingerprint density at radius 2 is 1.20 bits per heavy atom. The number of rotatable bonds is 3. The van der Waals surface area contributed by atoms with E-state index in [1.165, 1.54) is 38.5 Å². The van der Waals surface area contributed by atoms with Gasteiger partial charge in [-0.05, 0) is 131 Å². The summed E-state index contributed by atoms with van der Waals surface area (Å²) >= 11 is 0. The minimum atomic E-state index is -0.517. The Kier molecular flexibility index (Phi) is 5.02. The van der Waals surface area contributed by atoms with E-state index in [9.17, 15) is 14.4 Å². The normalized spacial score (nSPS) is 40.4. The van der Waals surface area contributed by atoms with Crippen molar-refractivity contribution in [2.24, 2.45) is 46.3 Å². The number of para-hydroxylation sites is 1. The third-order valence-electron chi connectivity index (χ3n) is 13.3. The molecule has 6 nitrogen and oxygen atoms in total. The molecule has 1 amide bonds. The second kappa shape index (κ2) is 8.58. The molecule has 1 N–H and O–H groups in total. The van der Waals surface area contributed by atoms with Crippen molar-refractivity contribution < 1.29 is 19.2 Å². The molecule has 6 heteroatoms. The van der Waals surface area contributed by atoms with Crippen molar-refractivity contribution in [2.45, 2.75) is 77.0 Å². The summed E-state index contributed by atoms with van der Waals surface area (Å²) in [5, 5.41) is 3.24. The maximum absolute atomic E-state index is 15.1. The van der Waals surface area contributed by atoms with Crippen molar-refractivity contribution in [1.82, 2.24) is 0 Å². The minimum absolute atomic E-state index is 0.0452. The molecule has 0 saturated heterocycles. The highest BCUT2D eigenvalue weighted by Gasteiger charge is 2.59. The standard InChI is InChI=1S/C38H38N2O4/c41-33-26-4-1-2-6-28(26)39-31(33)32-34(42)30-27(35(43)37-14-20-8-21(15-37)10-22(9-20)16-37)5-3-7-29(30)40(32)36(44)38-17-23-11-24(18-38)13-25(12-23)19-38/h1-7,20-25,39H,8-19H2. The second-order valence-corrected chi connectivity index (χ2v) is 16.1. The minimum Gasteiger partial charge on any atom is -0.350 e. The summed E-state index contributed by atoms with van der Waals surface area (Å²) in [6, 6.07) is 12.8. The van der Waals surface area contributed by atoms with Crippen molar-refractivity contribution in [3.8, 4) is 0 Å². The number of allylic oxidation sites excluding steroid dienone is 2. The fourth-order valence-corrected chi connectivity index (χ4v) is 12.5. The van der Waals surface area contributed by atoms with Crippen molar-refractivity contribution in [3.63, 3.8) is 0 Å². The molecule has 8 saturated carbocycles. The van der Waals surface area contributed by atoms with Crippen molar-refractivity contribution in [2.75, 3.05) is 10.2 Å². The first-order valence-corrected chi connectivity index (χ1v) is 17.0. The van der Waals surface area contributed by atoms with Crippen molar-refractivity contribution in [1.29, 1.82) is 0 Å². The number of benzene rings is 2. The first kappa shape index (κ1) is 25.8. The van der Waals surface area contributed by atoms with Gasteiger partial charge in [0.2, 0.25) is 17.5 Å². The van der Waals surface area contributed by atoms with Crippen LogP contribution in [-0.4, -0.2) is 23.3 Å². The molecule has 8 aliphatic carbocycles. The van der Waals surface area contributed by atoms with Gasteiger partial charge < -0.3 is 5.32 Å². The van der Waals surface area contributed by atoms with Gasteiger partial charge in [-0.3, -0.25) is 24.1 Å². The van der Waals surface area contributed by atoms with Gasteiger partial charge in [-0.15, -0.1) is 0 Å². The van der Waals surface area contributed by atoms with Crippen LogP contribution in [-0.2, 0) is 4.79 Å². The number of nitrogens with zero attached hydrogens (tertiary/aromatic N) is 1. The number of carbonyl (C=O) groups excluding carboxylic acids is 4. The molecule has 8 fully saturated rings. The SMILES string of the molecule is O=C1C(=C2C(=O)c3c(C(=O)C45CC6CC(CC(C6)C4)C5)cccc3N2C(=O)C23CC4CC(CC(C4)C2)C3)Nc2ccccc21. The molecule has 10 aliphatic rings. The number of anilines is 2.